The maximum absolute atomic E-state index is 10.6. The predicted octanol–water partition coefficient (Wildman–Crippen LogP) is 0.454. The Hall–Kier alpha value is -1.75. The Labute approximate surface area is 75.8 Å². The quantitative estimate of drug-likeness (QED) is 0.395. The average Bonchev–Trinajstić information content (AvgIpc) is 2.17. The molecule has 0 aromatic heterocycles. The maximum atomic E-state index is 10.6. The lowest BCUT2D eigenvalue weighted by Gasteiger charge is -2.13. The van der Waals surface area contributed by atoms with E-state index in [0.717, 1.165) is 5.01 Å². The summed E-state index contributed by atoms with van der Waals surface area (Å²) in [7, 11) is 1.56. The first kappa shape index (κ1) is 9.34. The van der Waals surface area contributed by atoms with Gasteiger partial charge in [0.2, 0.25) is 0 Å². The molecule has 5 heteroatoms. The standard InChI is InChI=1S/C8H11N3O2/c1-13-7-4-2-6(3-5-7)11(10)8(9)12/h2-5H,10H2,1H3,(H2,9,12). The van der Waals surface area contributed by atoms with Crippen molar-refractivity contribution in [1.29, 1.82) is 0 Å². The van der Waals surface area contributed by atoms with E-state index >= 15 is 0 Å². The number of primary amides is 1. The Morgan fingerprint density at radius 3 is 2.31 bits per heavy atom. The Bertz CT molecular complexity index is 297. The summed E-state index contributed by atoms with van der Waals surface area (Å²) < 4.78 is 4.93. The molecule has 0 aliphatic heterocycles. The number of anilines is 1. The number of nitrogens with zero attached hydrogens (tertiary/aromatic N) is 1. The van der Waals surface area contributed by atoms with Gasteiger partial charge in [-0.25, -0.2) is 15.6 Å². The fourth-order valence-corrected chi connectivity index (χ4v) is 0.870. The number of hydrogen-bond donors (Lipinski definition) is 2. The molecule has 4 N–H and O–H groups in total. The van der Waals surface area contributed by atoms with Gasteiger partial charge in [0.1, 0.15) is 5.75 Å². The third kappa shape index (κ3) is 2.09. The molecule has 1 aromatic rings. The van der Waals surface area contributed by atoms with E-state index in [1.807, 2.05) is 0 Å². The third-order valence-electron chi connectivity index (χ3n) is 1.59. The lowest BCUT2D eigenvalue weighted by molar-refractivity contribution is 0.254. The number of hydrazine groups is 1. The zero-order valence-corrected chi connectivity index (χ0v) is 7.23. The van der Waals surface area contributed by atoms with Gasteiger partial charge in [0, 0.05) is 0 Å². The second kappa shape index (κ2) is 3.77. The first-order valence-corrected chi connectivity index (χ1v) is 3.63. The number of nitrogens with two attached hydrogens (primary N) is 2. The van der Waals surface area contributed by atoms with E-state index in [1.54, 1.807) is 31.4 Å². The van der Waals surface area contributed by atoms with Crippen molar-refractivity contribution in [2.24, 2.45) is 11.6 Å². The van der Waals surface area contributed by atoms with Crippen molar-refractivity contribution >= 4 is 11.7 Å². The minimum Gasteiger partial charge on any atom is -0.497 e. The van der Waals surface area contributed by atoms with Crippen molar-refractivity contribution in [3.05, 3.63) is 24.3 Å². The van der Waals surface area contributed by atoms with Crippen LogP contribution in [0.4, 0.5) is 10.5 Å². The molecule has 0 bridgehead atoms. The summed E-state index contributed by atoms with van der Waals surface area (Å²) in [5.41, 5.74) is 5.49. The van der Waals surface area contributed by atoms with Gasteiger partial charge in [0.05, 0.1) is 12.8 Å². The molecule has 0 aliphatic carbocycles. The third-order valence-corrected chi connectivity index (χ3v) is 1.59. The van der Waals surface area contributed by atoms with Crippen molar-refractivity contribution in [2.45, 2.75) is 0 Å². The number of urea groups is 1. The summed E-state index contributed by atoms with van der Waals surface area (Å²) >= 11 is 0. The van der Waals surface area contributed by atoms with E-state index < -0.39 is 6.03 Å². The molecule has 0 spiro atoms. The molecular weight excluding hydrogens is 170 g/mol. The molecule has 0 heterocycles. The van der Waals surface area contributed by atoms with Gasteiger partial charge in [0.15, 0.2) is 0 Å². The number of methoxy groups -OCH3 is 1. The second-order valence-electron chi connectivity index (χ2n) is 2.41. The fourth-order valence-electron chi connectivity index (χ4n) is 0.870. The topological polar surface area (TPSA) is 81.6 Å². The van der Waals surface area contributed by atoms with Crippen LogP contribution in [-0.2, 0) is 0 Å². The molecule has 5 nitrogen and oxygen atoms in total. The number of ether oxygens (including phenoxy) is 1. The average molecular weight is 181 g/mol. The SMILES string of the molecule is COc1ccc(N(N)C(N)=O)cc1. The van der Waals surface area contributed by atoms with E-state index in [-0.39, 0.29) is 0 Å². The number of benzene rings is 1. The molecule has 0 radical (unpaired) electrons. The Balaban J connectivity index is 2.85. The largest absolute Gasteiger partial charge is 0.497 e. The van der Waals surface area contributed by atoms with Gasteiger partial charge in [-0.3, -0.25) is 0 Å². The summed E-state index contributed by atoms with van der Waals surface area (Å²) in [6.07, 6.45) is 0. The van der Waals surface area contributed by atoms with Crippen LogP contribution in [0, 0.1) is 0 Å². The number of hydrogen-bond acceptors (Lipinski definition) is 3. The van der Waals surface area contributed by atoms with Crippen LogP contribution in [0.5, 0.6) is 5.75 Å². The number of amides is 2. The van der Waals surface area contributed by atoms with Crippen molar-refractivity contribution in [3.8, 4) is 5.75 Å². The minimum atomic E-state index is -0.704. The van der Waals surface area contributed by atoms with Crippen molar-refractivity contribution in [1.82, 2.24) is 0 Å². The van der Waals surface area contributed by atoms with E-state index in [4.69, 9.17) is 16.3 Å². The summed E-state index contributed by atoms with van der Waals surface area (Å²) in [5, 5.41) is 0.861. The predicted molar refractivity (Wildman–Crippen MR) is 49.2 cm³/mol. The number of carbonyl (C=O) groups is 1. The van der Waals surface area contributed by atoms with Crippen molar-refractivity contribution in [3.63, 3.8) is 0 Å². The molecule has 1 aromatic carbocycles. The van der Waals surface area contributed by atoms with Crippen LogP contribution in [0.1, 0.15) is 0 Å². The van der Waals surface area contributed by atoms with E-state index in [2.05, 4.69) is 0 Å². The Morgan fingerprint density at radius 1 is 1.38 bits per heavy atom. The summed E-state index contributed by atoms with van der Waals surface area (Å²) in [4.78, 5) is 10.6. The fraction of sp³-hybridized carbons (Fsp3) is 0.125. The molecule has 0 saturated carbocycles. The first-order valence-electron chi connectivity index (χ1n) is 3.63. The van der Waals surface area contributed by atoms with Gasteiger partial charge >= 0.3 is 6.03 Å². The van der Waals surface area contributed by atoms with Gasteiger partial charge in [0.25, 0.3) is 0 Å². The molecule has 0 aliphatic rings. The summed E-state index contributed by atoms with van der Waals surface area (Å²) in [6.45, 7) is 0. The lowest BCUT2D eigenvalue weighted by atomic mass is 10.3. The molecule has 2 amide bonds. The van der Waals surface area contributed by atoms with E-state index in [9.17, 15) is 4.79 Å². The van der Waals surface area contributed by atoms with Crippen LogP contribution in [-0.4, -0.2) is 13.1 Å². The van der Waals surface area contributed by atoms with Gasteiger partial charge in [-0.2, -0.15) is 0 Å². The monoisotopic (exact) mass is 181 g/mol. The molecule has 0 fully saturated rings. The van der Waals surface area contributed by atoms with E-state index in [1.165, 1.54) is 0 Å². The van der Waals surface area contributed by atoms with Crippen molar-refractivity contribution in [2.75, 3.05) is 12.1 Å². The highest BCUT2D eigenvalue weighted by Crippen LogP contribution is 2.16. The highest BCUT2D eigenvalue weighted by atomic mass is 16.5. The van der Waals surface area contributed by atoms with Gasteiger partial charge in [-0.1, -0.05) is 0 Å². The van der Waals surface area contributed by atoms with Gasteiger partial charge in [-0.05, 0) is 24.3 Å². The first-order chi connectivity index (χ1) is 6.15. The van der Waals surface area contributed by atoms with Crippen LogP contribution in [0.2, 0.25) is 0 Å². The Morgan fingerprint density at radius 2 is 1.92 bits per heavy atom. The number of rotatable bonds is 2. The van der Waals surface area contributed by atoms with Crippen molar-refractivity contribution < 1.29 is 9.53 Å². The van der Waals surface area contributed by atoms with Crippen LogP contribution in [0.3, 0.4) is 0 Å². The zero-order chi connectivity index (χ0) is 9.84. The maximum Gasteiger partial charge on any atom is 0.333 e. The van der Waals surface area contributed by atoms with E-state index in [0.29, 0.717) is 11.4 Å². The lowest BCUT2D eigenvalue weighted by Crippen LogP contribution is -2.41. The normalized spacial score (nSPS) is 9.38. The van der Waals surface area contributed by atoms with Crippen LogP contribution < -0.4 is 21.3 Å². The molecule has 1 rings (SSSR count). The van der Waals surface area contributed by atoms with Gasteiger partial charge < -0.3 is 10.5 Å². The van der Waals surface area contributed by atoms with Crippen LogP contribution in [0.15, 0.2) is 24.3 Å². The highest BCUT2D eigenvalue weighted by Gasteiger charge is 2.05. The molecule has 13 heavy (non-hydrogen) atoms. The second-order valence-corrected chi connectivity index (χ2v) is 2.41. The molecule has 0 atom stereocenters. The van der Waals surface area contributed by atoms with Gasteiger partial charge in [-0.15, -0.1) is 0 Å². The molecule has 0 saturated heterocycles. The Kier molecular flexibility index (Phi) is 2.71. The number of carbonyl (C=O) groups excluding carboxylic acids is 1. The zero-order valence-electron chi connectivity index (χ0n) is 7.23. The van der Waals surface area contributed by atoms with Crippen LogP contribution in [0.25, 0.3) is 0 Å². The summed E-state index contributed by atoms with van der Waals surface area (Å²) in [5.74, 6) is 6.04. The highest BCUT2D eigenvalue weighted by molar-refractivity contribution is 5.89. The van der Waals surface area contributed by atoms with Crippen LogP contribution >= 0.6 is 0 Å². The molecule has 0 unspecified atom stereocenters. The summed E-state index contributed by atoms with van der Waals surface area (Å²) in [6, 6.07) is 5.97. The minimum absolute atomic E-state index is 0.522. The molecule has 70 valence electrons. The smallest absolute Gasteiger partial charge is 0.333 e. The molecular formula is C8H11N3O2.